The highest BCUT2D eigenvalue weighted by atomic mass is 16.7. The van der Waals surface area contributed by atoms with Gasteiger partial charge in [0.1, 0.15) is 0 Å². The van der Waals surface area contributed by atoms with Gasteiger partial charge in [-0.3, -0.25) is 0 Å². The van der Waals surface area contributed by atoms with Crippen LogP contribution in [-0.4, -0.2) is 30.2 Å². The maximum absolute atomic E-state index is 9.62. The van der Waals surface area contributed by atoms with E-state index in [2.05, 4.69) is 13.8 Å². The molecule has 0 aromatic carbocycles. The molecule has 0 bridgehead atoms. The Morgan fingerprint density at radius 1 is 1.00 bits per heavy atom. The van der Waals surface area contributed by atoms with Crippen LogP contribution in [0.15, 0.2) is 0 Å². The molecule has 0 unspecified atom stereocenters. The standard InChI is InChI=1S/C13H22O3/c1-12(2)7-15-13(16-8-12)5-9-3-11(14)4-10(9)6-13/h9-11,14H,3-8H2,1-2H3/t9-,10-/m0/s1. The molecular formula is C13H22O3. The monoisotopic (exact) mass is 226 g/mol. The molecule has 0 aromatic rings. The fraction of sp³-hybridized carbons (Fsp3) is 1.00. The molecule has 3 rings (SSSR count). The quantitative estimate of drug-likeness (QED) is 0.686. The van der Waals surface area contributed by atoms with E-state index in [0.29, 0.717) is 11.8 Å². The van der Waals surface area contributed by atoms with Crippen LogP contribution in [0.3, 0.4) is 0 Å². The fourth-order valence-electron chi connectivity index (χ4n) is 3.54. The summed E-state index contributed by atoms with van der Waals surface area (Å²) >= 11 is 0. The zero-order chi connectivity index (χ0) is 11.4. The number of ether oxygens (including phenoxy) is 2. The normalized spacial score (nSPS) is 41.4. The number of aliphatic hydroxyl groups excluding tert-OH is 1. The van der Waals surface area contributed by atoms with Crippen molar-refractivity contribution in [3.8, 4) is 0 Å². The lowest BCUT2D eigenvalue weighted by Crippen LogP contribution is -2.46. The maximum atomic E-state index is 9.62. The number of rotatable bonds is 0. The van der Waals surface area contributed by atoms with Crippen molar-refractivity contribution in [1.29, 1.82) is 0 Å². The van der Waals surface area contributed by atoms with Crippen molar-refractivity contribution in [2.75, 3.05) is 13.2 Å². The first kappa shape index (κ1) is 11.0. The minimum atomic E-state index is -0.301. The second-order valence-corrected chi connectivity index (χ2v) is 6.71. The molecule has 3 fully saturated rings. The van der Waals surface area contributed by atoms with Crippen LogP contribution in [0.4, 0.5) is 0 Å². The molecule has 2 atom stereocenters. The first-order chi connectivity index (χ1) is 7.48. The van der Waals surface area contributed by atoms with E-state index in [1.54, 1.807) is 0 Å². The van der Waals surface area contributed by atoms with Crippen molar-refractivity contribution >= 4 is 0 Å². The van der Waals surface area contributed by atoms with Crippen LogP contribution in [-0.2, 0) is 9.47 Å². The molecule has 3 nitrogen and oxygen atoms in total. The van der Waals surface area contributed by atoms with Crippen molar-refractivity contribution in [3.63, 3.8) is 0 Å². The average Bonchev–Trinajstić information content (AvgIpc) is 2.66. The van der Waals surface area contributed by atoms with Gasteiger partial charge in [-0.2, -0.15) is 0 Å². The van der Waals surface area contributed by atoms with E-state index < -0.39 is 0 Å². The van der Waals surface area contributed by atoms with E-state index in [-0.39, 0.29) is 17.3 Å². The summed E-state index contributed by atoms with van der Waals surface area (Å²) in [5.41, 5.74) is 0.155. The van der Waals surface area contributed by atoms with Gasteiger partial charge in [-0.25, -0.2) is 0 Å². The molecule has 0 amide bonds. The van der Waals surface area contributed by atoms with Gasteiger partial charge in [-0.15, -0.1) is 0 Å². The van der Waals surface area contributed by atoms with Gasteiger partial charge in [0.25, 0.3) is 0 Å². The molecule has 3 heteroatoms. The molecule has 2 saturated carbocycles. The summed E-state index contributed by atoms with van der Waals surface area (Å²) < 4.78 is 12.0. The zero-order valence-corrected chi connectivity index (χ0v) is 10.2. The zero-order valence-electron chi connectivity index (χ0n) is 10.2. The topological polar surface area (TPSA) is 38.7 Å². The van der Waals surface area contributed by atoms with E-state index in [0.717, 1.165) is 38.9 Å². The third kappa shape index (κ3) is 1.79. The molecule has 3 aliphatic rings. The van der Waals surface area contributed by atoms with E-state index >= 15 is 0 Å². The van der Waals surface area contributed by atoms with Gasteiger partial charge in [0.15, 0.2) is 5.79 Å². The first-order valence-electron chi connectivity index (χ1n) is 6.44. The van der Waals surface area contributed by atoms with E-state index in [1.165, 1.54) is 0 Å². The fourth-order valence-corrected chi connectivity index (χ4v) is 3.54. The summed E-state index contributed by atoms with van der Waals surface area (Å²) in [6, 6.07) is 0. The first-order valence-corrected chi connectivity index (χ1v) is 6.44. The third-order valence-electron chi connectivity index (χ3n) is 4.41. The molecular weight excluding hydrogens is 204 g/mol. The second-order valence-electron chi connectivity index (χ2n) is 6.71. The Hall–Kier alpha value is -0.120. The third-order valence-corrected chi connectivity index (χ3v) is 4.41. The predicted octanol–water partition coefficient (Wildman–Crippen LogP) is 1.94. The highest BCUT2D eigenvalue weighted by Crippen LogP contribution is 2.52. The summed E-state index contributed by atoms with van der Waals surface area (Å²) in [4.78, 5) is 0. The van der Waals surface area contributed by atoms with Crippen LogP contribution in [0.5, 0.6) is 0 Å². The minimum absolute atomic E-state index is 0.0765. The maximum Gasteiger partial charge on any atom is 0.168 e. The Labute approximate surface area is 97.1 Å². The van der Waals surface area contributed by atoms with Crippen LogP contribution >= 0.6 is 0 Å². The Balaban J connectivity index is 1.66. The summed E-state index contributed by atoms with van der Waals surface area (Å²) in [5, 5.41) is 9.62. The number of hydrogen-bond donors (Lipinski definition) is 1. The Bertz CT molecular complexity index is 261. The van der Waals surface area contributed by atoms with Gasteiger partial charge in [0, 0.05) is 18.3 Å². The van der Waals surface area contributed by atoms with Gasteiger partial charge >= 0.3 is 0 Å². The highest BCUT2D eigenvalue weighted by molar-refractivity contribution is 4.98. The average molecular weight is 226 g/mol. The number of fused-ring (bicyclic) bond motifs is 1. The molecule has 2 aliphatic carbocycles. The molecule has 92 valence electrons. The van der Waals surface area contributed by atoms with Gasteiger partial charge in [0.2, 0.25) is 0 Å². The smallest absolute Gasteiger partial charge is 0.168 e. The Morgan fingerprint density at radius 2 is 1.50 bits per heavy atom. The number of hydrogen-bond acceptors (Lipinski definition) is 3. The molecule has 1 N–H and O–H groups in total. The molecule has 1 heterocycles. The largest absolute Gasteiger partial charge is 0.393 e. The molecule has 16 heavy (non-hydrogen) atoms. The summed E-state index contributed by atoms with van der Waals surface area (Å²) in [5.74, 6) is 0.942. The lowest BCUT2D eigenvalue weighted by atomic mass is 9.94. The minimum Gasteiger partial charge on any atom is -0.393 e. The molecule has 1 saturated heterocycles. The lowest BCUT2D eigenvalue weighted by Gasteiger charge is -2.42. The van der Waals surface area contributed by atoms with Crippen molar-refractivity contribution in [2.45, 2.75) is 51.4 Å². The second kappa shape index (κ2) is 3.44. The summed E-state index contributed by atoms with van der Waals surface area (Å²) in [6.07, 6.45) is 3.80. The van der Waals surface area contributed by atoms with E-state index in [1.807, 2.05) is 0 Å². The van der Waals surface area contributed by atoms with Crippen LogP contribution in [0.25, 0.3) is 0 Å². The highest BCUT2D eigenvalue weighted by Gasteiger charge is 2.53. The molecule has 1 spiro atoms. The number of aliphatic hydroxyl groups is 1. The molecule has 0 radical (unpaired) electrons. The van der Waals surface area contributed by atoms with Crippen molar-refractivity contribution in [3.05, 3.63) is 0 Å². The van der Waals surface area contributed by atoms with Gasteiger partial charge < -0.3 is 14.6 Å². The van der Waals surface area contributed by atoms with Crippen LogP contribution < -0.4 is 0 Å². The van der Waals surface area contributed by atoms with E-state index in [4.69, 9.17) is 9.47 Å². The van der Waals surface area contributed by atoms with Gasteiger partial charge in [-0.05, 0) is 24.7 Å². The molecule has 1 aliphatic heterocycles. The summed E-state index contributed by atoms with van der Waals surface area (Å²) in [6.45, 7) is 5.96. The summed E-state index contributed by atoms with van der Waals surface area (Å²) in [7, 11) is 0. The Kier molecular flexibility index (Phi) is 2.36. The molecule has 0 aromatic heterocycles. The van der Waals surface area contributed by atoms with Crippen molar-refractivity contribution in [1.82, 2.24) is 0 Å². The SMILES string of the molecule is CC1(C)COC2(C[C@@H]3CC(O)C[C@H]3C2)OC1. The van der Waals surface area contributed by atoms with Crippen LogP contribution in [0.2, 0.25) is 0 Å². The van der Waals surface area contributed by atoms with Crippen molar-refractivity contribution in [2.24, 2.45) is 17.3 Å². The van der Waals surface area contributed by atoms with Crippen LogP contribution in [0, 0.1) is 17.3 Å². The van der Waals surface area contributed by atoms with Gasteiger partial charge in [-0.1, -0.05) is 13.8 Å². The Morgan fingerprint density at radius 3 is 2.00 bits per heavy atom. The van der Waals surface area contributed by atoms with Crippen molar-refractivity contribution < 1.29 is 14.6 Å². The van der Waals surface area contributed by atoms with Gasteiger partial charge in [0.05, 0.1) is 19.3 Å². The van der Waals surface area contributed by atoms with E-state index in [9.17, 15) is 5.11 Å². The van der Waals surface area contributed by atoms with Crippen LogP contribution in [0.1, 0.15) is 39.5 Å². The lowest BCUT2D eigenvalue weighted by molar-refractivity contribution is -0.297. The predicted molar refractivity (Wildman–Crippen MR) is 59.9 cm³/mol.